The summed E-state index contributed by atoms with van der Waals surface area (Å²) in [5, 5.41) is 4.68. The zero-order valence-corrected chi connectivity index (χ0v) is 18.3. The van der Waals surface area contributed by atoms with Crippen molar-refractivity contribution in [3.8, 4) is 0 Å². The molecular weight excluding hydrogens is 388 g/mol. The normalized spacial score (nSPS) is 20.1. The minimum Gasteiger partial charge on any atom is -0.298 e. The van der Waals surface area contributed by atoms with Gasteiger partial charge in [0, 0.05) is 38.0 Å². The Morgan fingerprint density at radius 2 is 1.52 bits per heavy atom. The third kappa shape index (κ3) is 3.76. The number of rotatable bonds is 4. The van der Waals surface area contributed by atoms with Gasteiger partial charge in [0.1, 0.15) is 5.82 Å². The van der Waals surface area contributed by atoms with Crippen LogP contribution in [-0.4, -0.2) is 32.3 Å². The molecule has 31 heavy (non-hydrogen) atoms. The van der Waals surface area contributed by atoms with Crippen molar-refractivity contribution in [2.75, 3.05) is 13.1 Å². The summed E-state index contributed by atoms with van der Waals surface area (Å²) >= 11 is 0. The first-order chi connectivity index (χ1) is 14.9. The third-order valence-corrected chi connectivity index (χ3v) is 6.57. The van der Waals surface area contributed by atoms with Gasteiger partial charge in [0.05, 0.1) is 6.54 Å². The number of likely N-dealkylation sites (tertiary alicyclic amines) is 1. The van der Waals surface area contributed by atoms with Crippen LogP contribution in [-0.2, 0) is 19.6 Å². The van der Waals surface area contributed by atoms with Crippen LogP contribution in [0.25, 0.3) is 0 Å². The Balaban J connectivity index is 1.40. The Morgan fingerprint density at radius 3 is 2.23 bits per heavy atom. The van der Waals surface area contributed by atoms with Crippen LogP contribution in [0, 0.1) is 26.7 Å². The van der Waals surface area contributed by atoms with Crippen LogP contribution >= 0.6 is 0 Å². The molecule has 1 aromatic heterocycles. The molecule has 0 aliphatic carbocycles. The molecule has 0 amide bonds. The predicted octanol–water partition coefficient (Wildman–Crippen LogP) is 2.61. The molecule has 2 atom stereocenters. The van der Waals surface area contributed by atoms with Gasteiger partial charge in [0.25, 0.3) is 0 Å². The average Bonchev–Trinajstić information content (AvgIpc) is 3.25. The summed E-state index contributed by atoms with van der Waals surface area (Å²) in [5.74, 6) is 1.30. The van der Waals surface area contributed by atoms with Crippen LogP contribution in [0.1, 0.15) is 39.6 Å². The summed E-state index contributed by atoms with van der Waals surface area (Å²) in [6.45, 7) is 9.91. The fourth-order valence-corrected chi connectivity index (χ4v) is 5.20. The molecule has 0 spiro atoms. The van der Waals surface area contributed by atoms with E-state index in [9.17, 15) is 9.59 Å². The fourth-order valence-electron chi connectivity index (χ4n) is 5.20. The average molecular weight is 417 g/mol. The van der Waals surface area contributed by atoms with E-state index in [0.717, 1.165) is 36.6 Å². The van der Waals surface area contributed by atoms with Crippen LogP contribution in [0.15, 0.2) is 52.1 Å². The number of fused-ring (bicyclic) bond motifs is 3. The SMILES string of the molecule is Cc1ccc(Cn2nc3n(c(=O)c2=O)C[C@H]2CN(Cc4cc(C)cc(C)c4)C[C@@H]32)cc1. The molecule has 0 radical (unpaired) electrons. The summed E-state index contributed by atoms with van der Waals surface area (Å²) in [6.07, 6.45) is 0. The van der Waals surface area contributed by atoms with Gasteiger partial charge >= 0.3 is 11.1 Å². The second-order valence-electron chi connectivity index (χ2n) is 9.28. The molecule has 2 aliphatic heterocycles. The maximum atomic E-state index is 12.8. The highest BCUT2D eigenvalue weighted by atomic mass is 16.2. The zero-order chi connectivity index (χ0) is 21.7. The summed E-state index contributed by atoms with van der Waals surface area (Å²) in [6, 6.07) is 14.7. The van der Waals surface area contributed by atoms with E-state index < -0.39 is 11.1 Å². The van der Waals surface area contributed by atoms with Crippen molar-refractivity contribution in [1.82, 2.24) is 19.2 Å². The van der Waals surface area contributed by atoms with Gasteiger partial charge in [0.15, 0.2) is 0 Å². The molecule has 160 valence electrons. The van der Waals surface area contributed by atoms with Gasteiger partial charge < -0.3 is 0 Å². The fraction of sp³-hybridized carbons (Fsp3) is 0.400. The number of aryl methyl sites for hydroxylation is 3. The molecule has 5 rings (SSSR count). The van der Waals surface area contributed by atoms with E-state index in [0.29, 0.717) is 19.0 Å². The van der Waals surface area contributed by atoms with Crippen LogP contribution in [0.5, 0.6) is 0 Å². The van der Waals surface area contributed by atoms with Crippen LogP contribution in [0.2, 0.25) is 0 Å². The molecule has 3 heterocycles. The smallest absolute Gasteiger partial charge is 0.298 e. The molecule has 3 aromatic rings. The van der Waals surface area contributed by atoms with Gasteiger partial charge in [-0.1, -0.05) is 59.2 Å². The molecule has 1 saturated heterocycles. The monoisotopic (exact) mass is 416 g/mol. The lowest BCUT2D eigenvalue weighted by atomic mass is 10.00. The summed E-state index contributed by atoms with van der Waals surface area (Å²) in [7, 11) is 0. The van der Waals surface area contributed by atoms with Gasteiger partial charge in [0.2, 0.25) is 0 Å². The highest BCUT2D eigenvalue weighted by molar-refractivity contribution is 5.29. The van der Waals surface area contributed by atoms with Crippen LogP contribution < -0.4 is 11.1 Å². The number of hydrogen-bond donors (Lipinski definition) is 0. The molecule has 6 heteroatoms. The highest BCUT2D eigenvalue weighted by Crippen LogP contribution is 2.37. The van der Waals surface area contributed by atoms with Crippen molar-refractivity contribution in [2.45, 2.75) is 46.3 Å². The molecule has 0 saturated carbocycles. The second kappa shape index (κ2) is 7.61. The first kappa shape index (κ1) is 19.9. The van der Waals surface area contributed by atoms with Crippen molar-refractivity contribution in [1.29, 1.82) is 0 Å². The van der Waals surface area contributed by atoms with Gasteiger partial charge in [-0.05, 0) is 31.9 Å². The van der Waals surface area contributed by atoms with Crippen molar-refractivity contribution >= 4 is 0 Å². The molecule has 0 unspecified atom stereocenters. The van der Waals surface area contributed by atoms with Crippen molar-refractivity contribution in [2.24, 2.45) is 5.92 Å². The largest absolute Gasteiger partial charge is 0.332 e. The van der Waals surface area contributed by atoms with E-state index >= 15 is 0 Å². The third-order valence-electron chi connectivity index (χ3n) is 6.57. The van der Waals surface area contributed by atoms with E-state index in [-0.39, 0.29) is 5.92 Å². The lowest BCUT2D eigenvalue weighted by molar-refractivity contribution is 0.303. The number of benzene rings is 2. The van der Waals surface area contributed by atoms with Crippen molar-refractivity contribution in [3.63, 3.8) is 0 Å². The van der Waals surface area contributed by atoms with Crippen LogP contribution in [0.3, 0.4) is 0 Å². The summed E-state index contributed by atoms with van der Waals surface area (Å²) < 4.78 is 2.98. The van der Waals surface area contributed by atoms with Crippen molar-refractivity contribution < 1.29 is 0 Å². The molecule has 2 aliphatic rings. The second-order valence-corrected chi connectivity index (χ2v) is 9.28. The van der Waals surface area contributed by atoms with Gasteiger partial charge in [-0.2, -0.15) is 5.10 Å². The van der Waals surface area contributed by atoms with Crippen molar-refractivity contribution in [3.05, 3.63) is 96.8 Å². The Hall–Kier alpha value is -2.99. The molecule has 6 nitrogen and oxygen atoms in total. The van der Waals surface area contributed by atoms with Gasteiger partial charge in [-0.15, -0.1) is 0 Å². The number of aromatic nitrogens is 3. The lowest BCUT2D eigenvalue weighted by Crippen LogP contribution is -2.44. The minimum absolute atomic E-state index is 0.198. The van der Waals surface area contributed by atoms with E-state index in [4.69, 9.17) is 0 Å². The van der Waals surface area contributed by atoms with E-state index in [1.54, 1.807) is 4.57 Å². The summed E-state index contributed by atoms with van der Waals surface area (Å²) in [5.41, 5.74) is 5.06. The van der Waals surface area contributed by atoms with E-state index in [1.165, 1.54) is 21.4 Å². The maximum absolute atomic E-state index is 12.8. The number of nitrogens with zero attached hydrogens (tertiary/aromatic N) is 4. The Labute approximate surface area is 181 Å². The van der Waals surface area contributed by atoms with Crippen LogP contribution in [0.4, 0.5) is 0 Å². The van der Waals surface area contributed by atoms with Gasteiger partial charge in [-0.25, -0.2) is 4.68 Å². The first-order valence-corrected chi connectivity index (χ1v) is 10.9. The molecule has 0 N–H and O–H groups in total. The maximum Gasteiger partial charge on any atom is 0.332 e. The predicted molar refractivity (Wildman–Crippen MR) is 120 cm³/mol. The van der Waals surface area contributed by atoms with E-state index in [2.05, 4.69) is 42.0 Å². The minimum atomic E-state index is -0.531. The Kier molecular flexibility index (Phi) is 4.89. The highest BCUT2D eigenvalue weighted by Gasteiger charge is 2.42. The molecule has 1 fully saturated rings. The number of hydrogen-bond acceptors (Lipinski definition) is 4. The quantitative estimate of drug-likeness (QED) is 0.614. The topological polar surface area (TPSA) is 60.1 Å². The van der Waals surface area contributed by atoms with E-state index in [1.807, 2.05) is 31.2 Å². The zero-order valence-electron chi connectivity index (χ0n) is 18.3. The standard InChI is InChI=1S/C25H28N4O2/c1-16-4-6-19(7-5-16)12-29-25(31)24(30)28-14-21-13-27(15-22(21)23(28)26-29)11-20-9-17(2)8-18(3)10-20/h4-10,21-22H,11-15H2,1-3H3/t21-,22-/m1/s1. The summed E-state index contributed by atoms with van der Waals surface area (Å²) in [4.78, 5) is 27.9. The molecular formula is C25H28N4O2. The first-order valence-electron chi connectivity index (χ1n) is 10.9. The molecule has 0 bridgehead atoms. The van der Waals surface area contributed by atoms with Gasteiger partial charge in [-0.3, -0.25) is 19.1 Å². The Morgan fingerprint density at radius 1 is 0.806 bits per heavy atom. The Bertz CT molecular complexity index is 1240. The molecule has 2 aromatic carbocycles. The lowest BCUT2D eigenvalue weighted by Gasteiger charge is -2.18.